The van der Waals surface area contributed by atoms with Crippen molar-refractivity contribution in [2.45, 2.75) is 38.8 Å². The van der Waals surface area contributed by atoms with Gasteiger partial charge in [0.1, 0.15) is 11.5 Å². The summed E-state index contributed by atoms with van der Waals surface area (Å²) in [5, 5.41) is 0. The van der Waals surface area contributed by atoms with Gasteiger partial charge in [0, 0.05) is 6.54 Å². The van der Waals surface area contributed by atoms with E-state index >= 15 is 0 Å². The lowest BCUT2D eigenvalue weighted by Gasteiger charge is -2.28. The minimum Gasteiger partial charge on any atom is -0.497 e. The molecule has 0 spiro atoms. The first-order valence-corrected chi connectivity index (χ1v) is 8.76. The fourth-order valence-corrected chi connectivity index (χ4v) is 3.38. The van der Waals surface area contributed by atoms with Crippen LogP contribution in [0.1, 0.15) is 36.9 Å². The van der Waals surface area contributed by atoms with Crippen molar-refractivity contribution >= 4 is 5.91 Å². The van der Waals surface area contributed by atoms with Crippen LogP contribution in [0.15, 0.2) is 48.5 Å². The zero-order valence-corrected chi connectivity index (χ0v) is 15.1. The number of carbonyl (C=O) groups is 1. The van der Waals surface area contributed by atoms with Gasteiger partial charge in [0.25, 0.3) is 5.91 Å². The number of amides is 1. The SMILES string of the molecule is COc1ccc(C2CCCN2C(=O)C(C)Oc2cccc(C)c2)cc1. The summed E-state index contributed by atoms with van der Waals surface area (Å²) in [6.07, 6.45) is 1.50. The molecule has 1 heterocycles. The molecule has 0 aliphatic carbocycles. The minimum absolute atomic E-state index is 0.0415. The highest BCUT2D eigenvalue weighted by atomic mass is 16.5. The molecule has 0 radical (unpaired) electrons. The molecule has 4 nitrogen and oxygen atoms in total. The topological polar surface area (TPSA) is 38.8 Å². The van der Waals surface area contributed by atoms with Gasteiger partial charge in [-0.05, 0) is 62.1 Å². The van der Waals surface area contributed by atoms with Gasteiger partial charge in [-0.25, -0.2) is 0 Å². The van der Waals surface area contributed by atoms with Gasteiger partial charge < -0.3 is 14.4 Å². The smallest absolute Gasteiger partial charge is 0.263 e. The van der Waals surface area contributed by atoms with E-state index < -0.39 is 6.10 Å². The largest absolute Gasteiger partial charge is 0.497 e. The van der Waals surface area contributed by atoms with Crippen LogP contribution in [0.5, 0.6) is 11.5 Å². The molecule has 2 aromatic rings. The second-order valence-electron chi connectivity index (χ2n) is 6.54. The Bertz CT molecular complexity index is 726. The molecule has 1 saturated heterocycles. The standard InChI is InChI=1S/C21H25NO3/c1-15-6-4-7-19(14-15)25-16(2)21(23)22-13-5-8-20(22)17-9-11-18(24-3)12-10-17/h4,6-7,9-12,14,16,20H,5,8,13H2,1-3H3. The molecule has 3 rings (SSSR count). The van der Waals surface area contributed by atoms with Crippen molar-refractivity contribution < 1.29 is 14.3 Å². The second kappa shape index (κ2) is 7.60. The van der Waals surface area contributed by atoms with Gasteiger partial charge in [-0.2, -0.15) is 0 Å². The van der Waals surface area contributed by atoms with Crippen molar-refractivity contribution in [1.82, 2.24) is 4.90 Å². The molecule has 1 aliphatic rings. The quantitative estimate of drug-likeness (QED) is 0.822. The third kappa shape index (κ3) is 3.95. The number of hydrogen-bond donors (Lipinski definition) is 0. The van der Waals surface area contributed by atoms with Crippen LogP contribution in [-0.2, 0) is 4.79 Å². The summed E-state index contributed by atoms with van der Waals surface area (Å²) in [4.78, 5) is 14.9. The van der Waals surface area contributed by atoms with Crippen molar-refractivity contribution in [3.8, 4) is 11.5 Å². The molecule has 1 aliphatic heterocycles. The predicted octanol–water partition coefficient (Wildman–Crippen LogP) is 4.13. The fourth-order valence-electron chi connectivity index (χ4n) is 3.38. The highest BCUT2D eigenvalue weighted by Gasteiger charge is 2.33. The summed E-state index contributed by atoms with van der Waals surface area (Å²) >= 11 is 0. The molecular formula is C21H25NO3. The van der Waals surface area contributed by atoms with E-state index in [-0.39, 0.29) is 11.9 Å². The van der Waals surface area contributed by atoms with Crippen molar-refractivity contribution in [1.29, 1.82) is 0 Å². The second-order valence-corrected chi connectivity index (χ2v) is 6.54. The van der Waals surface area contributed by atoms with E-state index in [2.05, 4.69) is 0 Å². The summed E-state index contributed by atoms with van der Waals surface area (Å²) in [7, 11) is 1.66. The van der Waals surface area contributed by atoms with Crippen LogP contribution in [0, 0.1) is 6.92 Å². The Morgan fingerprint density at radius 3 is 2.60 bits per heavy atom. The minimum atomic E-state index is -0.499. The van der Waals surface area contributed by atoms with Gasteiger partial charge in [0.05, 0.1) is 13.2 Å². The van der Waals surface area contributed by atoms with Crippen LogP contribution >= 0.6 is 0 Å². The van der Waals surface area contributed by atoms with Gasteiger partial charge in [0.15, 0.2) is 6.10 Å². The first-order chi connectivity index (χ1) is 12.1. The zero-order valence-electron chi connectivity index (χ0n) is 15.1. The number of likely N-dealkylation sites (tertiary alicyclic amines) is 1. The zero-order chi connectivity index (χ0) is 17.8. The van der Waals surface area contributed by atoms with E-state index in [1.807, 2.05) is 67.3 Å². The van der Waals surface area contributed by atoms with Crippen LogP contribution in [0.25, 0.3) is 0 Å². The van der Waals surface area contributed by atoms with Crippen LogP contribution in [0.3, 0.4) is 0 Å². The fraction of sp³-hybridized carbons (Fsp3) is 0.381. The summed E-state index contributed by atoms with van der Waals surface area (Å²) in [5.41, 5.74) is 2.27. The maximum atomic E-state index is 12.9. The Kier molecular flexibility index (Phi) is 5.27. The summed E-state index contributed by atoms with van der Waals surface area (Å²) in [5.74, 6) is 1.61. The Balaban J connectivity index is 1.71. The van der Waals surface area contributed by atoms with Crippen molar-refractivity contribution in [2.75, 3.05) is 13.7 Å². The maximum absolute atomic E-state index is 12.9. The number of benzene rings is 2. The lowest BCUT2D eigenvalue weighted by atomic mass is 10.0. The highest BCUT2D eigenvalue weighted by molar-refractivity contribution is 5.81. The average Bonchev–Trinajstić information content (AvgIpc) is 3.10. The van der Waals surface area contributed by atoms with E-state index in [9.17, 15) is 4.79 Å². The van der Waals surface area contributed by atoms with Crippen LogP contribution in [0.4, 0.5) is 0 Å². The number of hydrogen-bond acceptors (Lipinski definition) is 3. The predicted molar refractivity (Wildman–Crippen MR) is 98.0 cm³/mol. The van der Waals surface area contributed by atoms with Crippen LogP contribution in [0.2, 0.25) is 0 Å². The number of ether oxygens (including phenoxy) is 2. The molecular weight excluding hydrogens is 314 g/mol. The lowest BCUT2D eigenvalue weighted by Crippen LogP contribution is -2.40. The van der Waals surface area contributed by atoms with Crippen molar-refractivity contribution in [3.05, 3.63) is 59.7 Å². The normalized spacial score (nSPS) is 18.0. The van der Waals surface area contributed by atoms with Crippen LogP contribution < -0.4 is 9.47 Å². The first-order valence-electron chi connectivity index (χ1n) is 8.76. The molecule has 1 amide bonds. The molecule has 0 bridgehead atoms. The number of methoxy groups -OCH3 is 1. The molecule has 132 valence electrons. The van der Waals surface area contributed by atoms with Crippen molar-refractivity contribution in [2.24, 2.45) is 0 Å². The Morgan fingerprint density at radius 1 is 1.16 bits per heavy atom. The number of carbonyl (C=O) groups excluding carboxylic acids is 1. The van der Waals surface area contributed by atoms with Gasteiger partial charge in [-0.1, -0.05) is 24.3 Å². The van der Waals surface area contributed by atoms with Gasteiger partial charge >= 0.3 is 0 Å². The lowest BCUT2D eigenvalue weighted by molar-refractivity contribution is -0.138. The van der Waals surface area contributed by atoms with Crippen molar-refractivity contribution in [3.63, 3.8) is 0 Å². The Hall–Kier alpha value is -2.49. The van der Waals surface area contributed by atoms with Crippen LogP contribution in [-0.4, -0.2) is 30.6 Å². The van der Waals surface area contributed by atoms with Gasteiger partial charge in [-0.3, -0.25) is 4.79 Å². The molecule has 4 heteroatoms. The van der Waals surface area contributed by atoms with E-state index in [1.54, 1.807) is 7.11 Å². The number of aryl methyl sites for hydroxylation is 1. The Morgan fingerprint density at radius 2 is 1.92 bits per heavy atom. The molecule has 2 aromatic carbocycles. The van der Waals surface area contributed by atoms with E-state index in [0.717, 1.165) is 42.0 Å². The highest BCUT2D eigenvalue weighted by Crippen LogP contribution is 2.33. The van der Waals surface area contributed by atoms with E-state index in [0.29, 0.717) is 0 Å². The summed E-state index contributed by atoms with van der Waals surface area (Å²) < 4.78 is 11.1. The van der Waals surface area contributed by atoms with E-state index in [1.165, 1.54) is 0 Å². The third-order valence-corrected chi connectivity index (χ3v) is 4.69. The van der Waals surface area contributed by atoms with Gasteiger partial charge in [-0.15, -0.1) is 0 Å². The number of rotatable bonds is 5. The molecule has 0 aromatic heterocycles. The van der Waals surface area contributed by atoms with Gasteiger partial charge in [0.2, 0.25) is 0 Å². The molecule has 1 fully saturated rings. The molecule has 2 unspecified atom stereocenters. The third-order valence-electron chi connectivity index (χ3n) is 4.69. The average molecular weight is 339 g/mol. The van der Waals surface area contributed by atoms with E-state index in [4.69, 9.17) is 9.47 Å². The number of nitrogens with zero attached hydrogens (tertiary/aromatic N) is 1. The monoisotopic (exact) mass is 339 g/mol. The maximum Gasteiger partial charge on any atom is 0.263 e. The summed E-state index contributed by atoms with van der Waals surface area (Å²) in [6.45, 7) is 4.62. The Labute approximate surface area is 149 Å². The molecule has 2 atom stereocenters. The first kappa shape index (κ1) is 17.3. The molecule has 0 saturated carbocycles. The summed E-state index contributed by atoms with van der Waals surface area (Å²) in [6, 6.07) is 15.9. The molecule has 0 N–H and O–H groups in total. The molecule has 25 heavy (non-hydrogen) atoms.